The zero-order chi connectivity index (χ0) is 19.5. The van der Waals surface area contributed by atoms with E-state index in [9.17, 15) is 9.59 Å². The smallest absolute Gasteiger partial charge is 0.268 e. The number of aromatic nitrogens is 3. The van der Waals surface area contributed by atoms with E-state index in [0.717, 1.165) is 17.7 Å². The molecular formula is C19H16ClN5O2S. The number of rotatable bonds is 4. The SMILES string of the molecule is O=C(NC1CCc2nc(NC(=O)c3cccs3)ncc2C1)c1ccnc(Cl)c1. The van der Waals surface area contributed by atoms with Gasteiger partial charge in [-0.25, -0.2) is 15.0 Å². The van der Waals surface area contributed by atoms with Crippen molar-refractivity contribution in [1.29, 1.82) is 0 Å². The summed E-state index contributed by atoms with van der Waals surface area (Å²) in [5.74, 6) is -0.100. The van der Waals surface area contributed by atoms with Gasteiger partial charge in [-0.15, -0.1) is 11.3 Å². The number of nitrogens with one attached hydrogen (secondary N) is 2. The van der Waals surface area contributed by atoms with Gasteiger partial charge >= 0.3 is 0 Å². The van der Waals surface area contributed by atoms with Crippen molar-refractivity contribution in [3.05, 3.63) is 68.9 Å². The Morgan fingerprint density at radius 2 is 2.11 bits per heavy atom. The molecule has 1 aliphatic rings. The fourth-order valence-corrected chi connectivity index (χ4v) is 3.87. The minimum absolute atomic E-state index is 0.0119. The molecule has 3 aromatic heterocycles. The number of fused-ring (bicyclic) bond motifs is 1. The van der Waals surface area contributed by atoms with Gasteiger partial charge in [0, 0.05) is 29.7 Å². The van der Waals surface area contributed by atoms with Crippen molar-refractivity contribution in [2.24, 2.45) is 0 Å². The fraction of sp³-hybridized carbons (Fsp3) is 0.211. The van der Waals surface area contributed by atoms with E-state index in [1.807, 2.05) is 11.4 Å². The molecule has 0 aromatic carbocycles. The van der Waals surface area contributed by atoms with Gasteiger partial charge in [-0.1, -0.05) is 17.7 Å². The number of pyridine rings is 1. The topological polar surface area (TPSA) is 96.9 Å². The number of halogens is 1. The van der Waals surface area contributed by atoms with Crippen molar-refractivity contribution in [2.45, 2.75) is 25.3 Å². The van der Waals surface area contributed by atoms with E-state index in [-0.39, 0.29) is 23.0 Å². The van der Waals surface area contributed by atoms with Crippen LogP contribution in [-0.4, -0.2) is 32.8 Å². The van der Waals surface area contributed by atoms with E-state index < -0.39 is 0 Å². The quantitative estimate of drug-likeness (QED) is 0.640. The summed E-state index contributed by atoms with van der Waals surface area (Å²) in [6, 6.07) is 6.73. The highest BCUT2D eigenvalue weighted by molar-refractivity contribution is 7.12. The number of amides is 2. The molecule has 0 radical (unpaired) electrons. The molecule has 0 bridgehead atoms. The standard InChI is InChI=1S/C19H16ClN5O2S/c20-16-9-11(5-6-21-16)17(26)23-13-3-4-14-12(8-13)10-22-19(24-14)25-18(27)15-2-1-7-28-15/h1-2,5-7,9-10,13H,3-4,8H2,(H,23,26)(H,22,24,25,27). The fourth-order valence-electron chi connectivity index (χ4n) is 3.07. The van der Waals surface area contributed by atoms with Crippen LogP contribution in [0.25, 0.3) is 0 Å². The highest BCUT2D eigenvalue weighted by Gasteiger charge is 2.23. The lowest BCUT2D eigenvalue weighted by Crippen LogP contribution is -2.39. The number of carbonyl (C=O) groups is 2. The molecule has 1 aliphatic carbocycles. The molecule has 9 heteroatoms. The molecule has 3 aromatic rings. The van der Waals surface area contributed by atoms with Crippen LogP contribution in [0.2, 0.25) is 5.15 Å². The first-order chi connectivity index (χ1) is 13.6. The van der Waals surface area contributed by atoms with Crippen molar-refractivity contribution < 1.29 is 9.59 Å². The molecule has 28 heavy (non-hydrogen) atoms. The van der Waals surface area contributed by atoms with Crippen LogP contribution in [0, 0.1) is 0 Å². The third kappa shape index (κ3) is 4.18. The zero-order valence-electron chi connectivity index (χ0n) is 14.7. The van der Waals surface area contributed by atoms with Crippen LogP contribution in [-0.2, 0) is 12.8 Å². The minimum Gasteiger partial charge on any atom is -0.349 e. The van der Waals surface area contributed by atoms with E-state index >= 15 is 0 Å². The number of nitrogens with zero attached hydrogens (tertiary/aromatic N) is 3. The monoisotopic (exact) mass is 413 g/mol. The van der Waals surface area contributed by atoms with Gasteiger partial charge in [0.05, 0.1) is 4.88 Å². The molecule has 7 nitrogen and oxygen atoms in total. The third-order valence-electron chi connectivity index (χ3n) is 4.44. The van der Waals surface area contributed by atoms with Crippen LogP contribution in [0.15, 0.2) is 42.0 Å². The molecule has 0 spiro atoms. The molecule has 3 heterocycles. The summed E-state index contributed by atoms with van der Waals surface area (Å²) in [7, 11) is 0. The number of carbonyl (C=O) groups excluding carboxylic acids is 2. The van der Waals surface area contributed by atoms with E-state index in [2.05, 4.69) is 25.6 Å². The summed E-state index contributed by atoms with van der Waals surface area (Å²) in [5, 5.41) is 7.87. The molecule has 1 unspecified atom stereocenters. The Hall–Kier alpha value is -2.84. The van der Waals surface area contributed by atoms with Gasteiger partial charge in [-0.3, -0.25) is 14.9 Å². The largest absolute Gasteiger partial charge is 0.349 e. The first-order valence-electron chi connectivity index (χ1n) is 8.70. The molecular weight excluding hydrogens is 398 g/mol. The van der Waals surface area contributed by atoms with Crippen LogP contribution in [0.4, 0.5) is 5.95 Å². The summed E-state index contributed by atoms with van der Waals surface area (Å²) in [5.41, 5.74) is 2.35. The van der Waals surface area contributed by atoms with Gasteiger partial charge in [-0.2, -0.15) is 0 Å². The molecule has 0 fully saturated rings. The molecule has 0 aliphatic heterocycles. The van der Waals surface area contributed by atoms with Crippen LogP contribution < -0.4 is 10.6 Å². The Balaban J connectivity index is 1.40. The van der Waals surface area contributed by atoms with Gasteiger partial charge in [0.2, 0.25) is 5.95 Å². The zero-order valence-corrected chi connectivity index (χ0v) is 16.3. The molecule has 142 valence electrons. The second-order valence-corrected chi connectivity index (χ2v) is 7.71. The van der Waals surface area contributed by atoms with Crippen molar-refractivity contribution in [3.8, 4) is 0 Å². The van der Waals surface area contributed by atoms with Crippen molar-refractivity contribution in [3.63, 3.8) is 0 Å². The van der Waals surface area contributed by atoms with E-state index in [1.54, 1.807) is 24.4 Å². The first-order valence-corrected chi connectivity index (χ1v) is 9.96. The second kappa shape index (κ2) is 8.04. The maximum absolute atomic E-state index is 12.4. The Morgan fingerprint density at radius 3 is 2.89 bits per heavy atom. The number of anilines is 1. The number of thiophene rings is 1. The lowest BCUT2D eigenvalue weighted by atomic mass is 9.92. The van der Waals surface area contributed by atoms with Crippen molar-refractivity contribution in [1.82, 2.24) is 20.3 Å². The van der Waals surface area contributed by atoms with Gasteiger partial charge in [-0.05, 0) is 48.4 Å². The van der Waals surface area contributed by atoms with Crippen LogP contribution >= 0.6 is 22.9 Å². The maximum Gasteiger partial charge on any atom is 0.268 e. The van der Waals surface area contributed by atoms with Crippen molar-refractivity contribution >= 4 is 40.7 Å². The predicted molar refractivity (Wildman–Crippen MR) is 107 cm³/mol. The highest BCUT2D eigenvalue weighted by atomic mass is 35.5. The predicted octanol–water partition coefficient (Wildman–Crippen LogP) is 3.13. The Morgan fingerprint density at radius 1 is 1.21 bits per heavy atom. The maximum atomic E-state index is 12.4. The summed E-state index contributed by atoms with van der Waals surface area (Å²) >= 11 is 7.21. The van der Waals surface area contributed by atoms with Gasteiger partial charge in [0.15, 0.2) is 0 Å². The molecule has 1 atom stereocenters. The first kappa shape index (κ1) is 18.5. The number of hydrogen-bond acceptors (Lipinski definition) is 6. The normalized spacial score (nSPS) is 15.5. The second-order valence-electron chi connectivity index (χ2n) is 6.38. The summed E-state index contributed by atoms with van der Waals surface area (Å²) in [4.78, 5) is 37.7. The molecule has 2 N–H and O–H groups in total. The molecule has 2 amide bonds. The summed E-state index contributed by atoms with van der Waals surface area (Å²) in [6.45, 7) is 0. The van der Waals surface area contributed by atoms with Gasteiger partial charge in [0.1, 0.15) is 5.15 Å². The minimum atomic E-state index is -0.216. The average molecular weight is 414 g/mol. The number of hydrogen-bond donors (Lipinski definition) is 2. The van der Waals surface area contributed by atoms with Crippen LogP contribution in [0.1, 0.15) is 37.7 Å². The number of aryl methyl sites for hydroxylation is 1. The average Bonchev–Trinajstić information content (AvgIpc) is 3.23. The van der Waals surface area contributed by atoms with Gasteiger partial charge in [0.25, 0.3) is 11.8 Å². The highest BCUT2D eigenvalue weighted by Crippen LogP contribution is 2.21. The van der Waals surface area contributed by atoms with Crippen LogP contribution in [0.5, 0.6) is 0 Å². The van der Waals surface area contributed by atoms with E-state index in [0.29, 0.717) is 29.2 Å². The Bertz CT molecular complexity index is 1020. The summed E-state index contributed by atoms with van der Waals surface area (Å²) in [6.07, 6.45) is 5.31. The van der Waals surface area contributed by atoms with E-state index in [1.165, 1.54) is 17.5 Å². The van der Waals surface area contributed by atoms with E-state index in [4.69, 9.17) is 11.6 Å². The molecule has 0 saturated heterocycles. The lowest BCUT2D eigenvalue weighted by molar-refractivity contribution is 0.0932. The van der Waals surface area contributed by atoms with Gasteiger partial charge < -0.3 is 5.32 Å². The lowest BCUT2D eigenvalue weighted by Gasteiger charge is -2.25. The summed E-state index contributed by atoms with van der Waals surface area (Å²) < 4.78 is 0. The third-order valence-corrected chi connectivity index (χ3v) is 5.52. The van der Waals surface area contributed by atoms with Crippen LogP contribution in [0.3, 0.4) is 0 Å². The Labute approximate surface area is 170 Å². The Kier molecular flexibility index (Phi) is 5.31. The molecule has 0 saturated carbocycles. The van der Waals surface area contributed by atoms with Crippen molar-refractivity contribution in [2.75, 3.05) is 5.32 Å². The molecule has 4 rings (SSSR count).